The van der Waals surface area contributed by atoms with E-state index in [0.717, 1.165) is 43.9 Å². The van der Waals surface area contributed by atoms with Gasteiger partial charge in [-0.3, -0.25) is 4.79 Å². The number of thiazole rings is 1. The van der Waals surface area contributed by atoms with Gasteiger partial charge < -0.3 is 10.3 Å². The van der Waals surface area contributed by atoms with E-state index in [0.29, 0.717) is 0 Å². The van der Waals surface area contributed by atoms with Crippen molar-refractivity contribution < 1.29 is 4.79 Å². The van der Waals surface area contributed by atoms with E-state index in [2.05, 4.69) is 10.3 Å². The molecule has 5 heteroatoms. The first-order chi connectivity index (χ1) is 11.0. The van der Waals surface area contributed by atoms with Gasteiger partial charge in [0.05, 0.1) is 5.69 Å². The van der Waals surface area contributed by atoms with Crippen molar-refractivity contribution in [2.75, 3.05) is 5.32 Å². The third-order valence-electron chi connectivity index (χ3n) is 3.85. The van der Waals surface area contributed by atoms with Crippen LogP contribution in [0.1, 0.15) is 33.4 Å². The smallest absolute Gasteiger partial charge is 0.188 e. The van der Waals surface area contributed by atoms with Gasteiger partial charge in [-0.15, -0.1) is 11.3 Å². The number of hydrogen-bond donors (Lipinski definition) is 2. The average Bonchev–Trinajstić information content (AvgIpc) is 2.99. The van der Waals surface area contributed by atoms with Gasteiger partial charge in [-0.25, -0.2) is 4.98 Å². The lowest BCUT2D eigenvalue weighted by atomic mass is 10.1. The molecule has 2 N–H and O–H groups in total. The zero-order valence-electron chi connectivity index (χ0n) is 13.7. The monoisotopic (exact) mass is 325 g/mol. The van der Waals surface area contributed by atoms with Crippen molar-refractivity contribution in [3.8, 4) is 11.4 Å². The molecule has 0 aliphatic carbocycles. The molecule has 0 bridgehead atoms. The zero-order valence-corrected chi connectivity index (χ0v) is 14.5. The molecule has 0 saturated heterocycles. The number of Topliss-reactive ketones (excluding diaryl/α,β-unsaturated/α-hetero) is 1. The normalized spacial score (nSPS) is 10.8. The van der Waals surface area contributed by atoms with Crippen molar-refractivity contribution in [3.05, 3.63) is 52.0 Å². The van der Waals surface area contributed by atoms with Gasteiger partial charge in [-0.05, 0) is 45.4 Å². The second-order valence-electron chi connectivity index (χ2n) is 5.60. The number of aromatic nitrogens is 2. The van der Waals surface area contributed by atoms with E-state index in [1.54, 1.807) is 18.3 Å². The summed E-state index contributed by atoms with van der Waals surface area (Å²) >= 11 is 1.61. The highest BCUT2D eigenvalue weighted by Gasteiger charge is 2.20. The number of aromatic amines is 1. The molecule has 23 heavy (non-hydrogen) atoms. The van der Waals surface area contributed by atoms with Crippen LogP contribution in [0.25, 0.3) is 11.4 Å². The van der Waals surface area contributed by atoms with Gasteiger partial charge in [0.15, 0.2) is 10.9 Å². The summed E-state index contributed by atoms with van der Waals surface area (Å²) < 4.78 is 0. The number of anilines is 2. The van der Waals surface area contributed by atoms with Gasteiger partial charge in [0.2, 0.25) is 0 Å². The first-order valence-corrected chi connectivity index (χ1v) is 8.29. The molecule has 0 unspecified atom stereocenters. The largest absolute Gasteiger partial charge is 0.356 e. The minimum absolute atomic E-state index is 0.0815. The number of hydrogen-bond acceptors (Lipinski definition) is 4. The number of rotatable bonds is 4. The molecule has 2 aromatic heterocycles. The Morgan fingerprint density at radius 2 is 1.87 bits per heavy atom. The Morgan fingerprint density at radius 3 is 2.48 bits per heavy atom. The highest BCUT2D eigenvalue weighted by molar-refractivity contribution is 7.16. The van der Waals surface area contributed by atoms with Crippen molar-refractivity contribution in [1.82, 2.24) is 9.97 Å². The van der Waals surface area contributed by atoms with E-state index in [9.17, 15) is 4.79 Å². The van der Waals surface area contributed by atoms with Crippen LogP contribution in [0, 0.1) is 20.8 Å². The first-order valence-electron chi connectivity index (χ1n) is 7.47. The fourth-order valence-corrected chi connectivity index (χ4v) is 3.68. The Morgan fingerprint density at radius 1 is 1.17 bits per heavy atom. The van der Waals surface area contributed by atoms with Gasteiger partial charge in [0.1, 0.15) is 5.69 Å². The first kappa shape index (κ1) is 15.5. The molecule has 0 radical (unpaired) electrons. The molecule has 0 saturated carbocycles. The summed E-state index contributed by atoms with van der Waals surface area (Å²) in [5.41, 5.74) is 5.48. The number of carbonyl (C=O) groups is 1. The molecule has 0 aliphatic rings. The minimum Gasteiger partial charge on any atom is -0.356 e. The molecule has 4 nitrogen and oxygen atoms in total. The summed E-state index contributed by atoms with van der Waals surface area (Å²) in [4.78, 5) is 21.0. The number of para-hydroxylation sites is 1. The maximum atomic E-state index is 11.8. The van der Waals surface area contributed by atoms with E-state index in [1.807, 2.05) is 51.1 Å². The fraction of sp³-hybridized carbons (Fsp3) is 0.222. The molecule has 0 spiro atoms. The summed E-state index contributed by atoms with van der Waals surface area (Å²) in [5, 5.41) is 4.17. The van der Waals surface area contributed by atoms with Crippen LogP contribution < -0.4 is 5.32 Å². The van der Waals surface area contributed by atoms with Gasteiger partial charge in [-0.1, -0.05) is 18.2 Å². The Hall–Kier alpha value is -2.40. The van der Waals surface area contributed by atoms with E-state index in [-0.39, 0.29) is 5.78 Å². The molecule has 3 aromatic rings. The molecule has 118 valence electrons. The second kappa shape index (κ2) is 6.01. The summed E-state index contributed by atoms with van der Waals surface area (Å²) in [5.74, 6) is 0.0815. The molecule has 3 rings (SSSR count). The van der Waals surface area contributed by atoms with Crippen LogP contribution in [0.3, 0.4) is 0 Å². The number of nitrogens with zero attached hydrogens (tertiary/aromatic N) is 1. The van der Waals surface area contributed by atoms with E-state index in [1.165, 1.54) is 0 Å². The average molecular weight is 325 g/mol. The lowest BCUT2D eigenvalue weighted by Gasteiger charge is -2.01. The van der Waals surface area contributed by atoms with Crippen LogP contribution in [0.2, 0.25) is 0 Å². The van der Waals surface area contributed by atoms with E-state index >= 15 is 0 Å². The molecule has 0 amide bonds. The lowest BCUT2D eigenvalue weighted by Crippen LogP contribution is -1.95. The molecule has 0 fully saturated rings. The van der Waals surface area contributed by atoms with E-state index in [4.69, 9.17) is 4.98 Å². The van der Waals surface area contributed by atoms with Gasteiger partial charge in [-0.2, -0.15) is 0 Å². The van der Waals surface area contributed by atoms with Crippen LogP contribution in [0.15, 0.2) is 30.3 Å². The number of aryl methyl sites for hydroxylation is 2. The number of ketones is 1. The molecule has 0 aliphatic heterocycles. The highest BCUT2D eigenvalue weighted by atomic mass is 32.1. The molecule has 1 aromatic carbocycles. The van der Waals surface area contributed by atoms with Crippen molar-refractivity contribution >= 4 is 27.9 Å². The SMILES string of the molecule is CC(=O)c1c(C)[nH]c(-c2nc(Nc3ccccc3)sc2C)c1C. The fourth-order valence-electron chi connectivity index (χ4n) is 2.84. The predicted molar refractivity (Wildman–Crippen MR) is 95.8 cm³/mol. The maximum Gasteiger partial charge on any atom is 0.188 e. The van der Waals surface area contributed by atoms with Crippen molar-refractivity contribution in [1.29, 1.82) is 0 Å². The van der Waals surface area contributed by atoms with Crippen molar-refractivity contribution in [3.63, 3.8) is 0 Å². The zero-order chi connectivity index (χ0) is 16.6. The highest BCUT2D eigenvalue weighted by Crippen LogP contribution is 2.35. The van der Waals surface area contributed by atoms with Crippen LogP contribution in [-0.4, -0.2) is 15.8 Å². The third-order valence-corrected chi connectivity index (χ3v) is 4.73. The lowest BCUT2D eigenvalue weighted by molar-refractivity contribution is 0.101. The quantitative estimate of drug-likeness (QED) is 0.663. The summed E-state index contributed by atoms with van der Waals surface area (Å²) in [6.45, 7) is 7.55. The number of carbonyl (C=O) groups excluding carboxylic acids is 1. The Kier molecular flexibility index (Phi) is 4.05. The van der Waals surface area contributed by atoms with Crippen molar-refractivity contribution in [2.24, 2.45) is 0 Å². The topological polar surface area (TPSA) is 57.8 Å². The predicted octanol–water partition coefficient (Wildman–Crippen LogP) is 5.01. The number of nitrogens with one attached hydrogen (secondary N) is 2. The van der Waals surface area contributed by atoms with Crippen LogP contribution in [0.4, 0.5) is 10.8 Å². The summed E-state index contributed by atoms with van der Waals surface area (Å²) in [6, 6.07) is 9.98. The standard InChI is InChI=1S/C18H19N3OS/c1-10-15(12(3)22)11(2)19-16(10)17-13(4)23-18(21-17)20-14-8-6-5-7-9-14/h5-9,19H,1-4H3,(H,20,21). The van der Waals surface area contributed by atoms with Crippen molar-refractivity contribution in [2.45, 2.75) is 27.7 Å². The second-order valence-corrected chi connectivity index (χ2v) is 6.80. The van der Waals surface area contributed by atoms with Gasteiger partial charge in [0, 0.05) is 21.8 Å². The van der Waals surface area contributed by atoms with Gasteiger partial charge >= 0.3 is 0 Å². The molecule has 0 atom stereocenters. The molecular weight excluding hydrogens is 306 g/mol. The van der Waals surface area contributed by atoms with Crippen LogP contribution in [-0.2, 0) is 0 Å². The number of benzene rings is 1. The third kappa shape index (κ3) is 2.92. The van der Waals surface area contributed by atoms with Crippen LogP contribution >= 0.6 is 11.3 Å². The molecule has 2 heterocycles. The number of H-pyrrole nitrogens is 1. The summed E-state index contributed by atoms with van der Waals surface area (Å²) in [6.07, 6.45) is 0. The minimum atomic E-state index is 0.0815. The summed E-state index contributed by atoms with van der Waals surface area (Å²) in [7, 11) is 0. The van der Waals surface area contributed by atoms with Crippen LogP contribution in [0.5, 0.6) is 0 Å². The van der Waals surface area contributed by atoms with E-state index < -0.39 is 0 Å². The Bertz CT molecular complexity index is 862. The maximum absolute atomic E-state index is 11.8. The molecular formula is C18H19N3OS. The Balaban J connectivity index is 1.99. The Labute approximate surface area is 139 Å². The van der Waals surface area contributed by atoms with Gasteiger partial charge in [0.25, 0.3) is 0 Å².